The first-order valence-electron chi connectivity index (χ1n) is 8.00. The summed E-state index contributed by atoms with van der Waals surface area (Å²) in [6, 6.07) is 11.3. The van der Waals surface area contributed by atoms with Crippen LogP contribution >= 0.6 is 35.0 Å². The van der Waals surface area contributed by atoms with Crippen LogP contribution in [-0.4, -0.2) is 21.9 Å². The van der Waals surface area contributed by atoms with Gasteiger partial charge in [-0.05, 0) is 49.1 Å². The van der Waals surface area contributed by atoms with Gasteiger partial charge in [0.25, 0.3) is 5.91 Å². The number of aromatic nitrogens is 2. The average Bonchev–Trinajstić information content (AvgIpc) is 2.96. The first-order valence-corrected chi connectivity index (χ1v) is 9.98. The fourth-order valence-electron chi connectivity index (χ4n) is 2.53. The molecule has 1 N–H and O–H groups in total. The van der Waals surface area contributed by atoms with Gasteiger partial charge in [-0.15, -0.1) is 11.8 Å². The fraction of sp³-hybridized carbons (Fsp3) is 0.158. The van der Waals surface area contributed by atoms with Gasteiger partial charge in [0.15, 0.2) is 5.82 Å². The predicted molar refractivity (Wildman–Crippen MR) is 109 cm³/mol. The molecule has 0 aliphatic rings. The van der Waals surface area contributed by atoms with E-state index in [1.165, 1.54) is 23.9 Å². The lowest BCUT2D eigenvalue weighted by atomic mass is 10.2. The number of halogens is 3. The van der Waals surface area contributed by atoms with E-state index in [0.29, 0.717) is 28.0 Å². The number of benzene rings is 2. The first-order chi connectivity index (χ1) is 12.9. The van der Waals surface area contributed by atoms with Crippen molar-refractivity contribution >= 4 is 46.7 Å². The van der Waals surface area contributed by atoms with E-state index >= 15 is 0 Å². The highest BCUT2D eigenvalue weighted by molar-refractivity contribution is 7.98. The topological polar surface area (TPSA) is 46.9 Å². The number of carbonyl (C=O) groups excluding carboxylic acids is 1. The van der Waals surface area contributed by atoms with Gasteiger partial charge in [-0.2, -0.15) is 5.10 Å². The Morgan fingerprint density at radius 1 is 1.19 bits per heavy atom. The summed E-state index contributed by atoms with van der Waals surface area (Å²) >= 11 is 13.8. The highest BCUT2D eigenvalue weighted by Crippen LogP contribution is 2.24. The molecule has 0 saturated heterocycles. The summed E-state index contributed by atoms with van der Waals surface area (Å²) in [6.45, 7) is 2.23. The van der Waals surface area contributed by atoms with Crippen LogP contribution in [0, 0.1) is 12.7 Å². The third-order valence-corrected chi connectivity index (χ3v) is 5.38. The maximum Gasteiger partial charge on any atom is 0.258 e. The van der Waals surface area contributed by atoms with Crippen molar-refractivity contribution in [2.24, 2.45) is 0 Å². The molecule has 0 saturated carbocycles. The standard InChI is InChI=1S/C19H16Cl2FN3OS/c1-11-7-18(23-19(26)15-9-14(27-2)5-6-16(15)20)24-25(11)10-12-3-4-13(22)8-17(12)21/h3-9H,10H2,1-2H3,(H,23,24,26). The van der Waals surface area contributed by atoms with Crippen molar-refractivity contribution in [1.29, 1.82) is 0 Å². The third kappa shape index (κ3) is 4.64. The van der Waals surface area contributed by atoms with Crippen molar-refractivity contribution in [1.82, 2.24) is 9.78 Å². The van der Waals surface area contributed by atoms with Crippen molar-refractivity contribution in [3.05, 3.63) is 75.1 Å². The highest BCUT2D eigenvalue weighted by Gasteiger charge is 2.14. The number of hydrogen-bond acceptors (Lipinski definition) is 3. The van der Waals surface area contributed by atoms with E-state index in [0.717, 1.165) is 16.2 Å². The minimum atomic E-state index is -0.391. The molecule has 0 atom stereocenters. The van der Waals surface area contributed by atoms with E-state index in [1.807, 2.05) is 19.2 Å². The molecule has 1 heterocycles. The Kier molecular flexibility index (Phi) is 6.09. The summed E-state index contributed by atoms with van der Waals surface area (Å²) in [5.41, 5.74) is 1.95. The summed E-state index contributed by atoms with van der Waals surface area (Å²) in [5.74, 6) is -0.319. The van der Waals surface area contributed by atoms with Gasteiger partial charge in [-0.1, -0.05) is 29.3 Å². The van der Waals surface area contributed by atoms with Crippen LogP contribution in [0.15, 0.2) is 47.4 Å². The van der Waals surface area contributed by atoms with Gasteiger partial charge in [-0.25, -0.2) is 4.39 Å². The molecule has 8 heteroatoms. The SMILES string of the molecule is CSc1ccc(Cl)c(C(=O)Nc2cc(C)n(Cc3ccc(F)cc3Cl)n2)c1. The number of hydrogen-bond donors (Lipinski definition) is 1. The number of nitrogens with one attached hydrogen (secondary N) is 1. The van der Waals surface area contributed by atoms with Crippen LogP contribution < -0.4 is 5.32 Å². The number of nitrogens with zero attached hydrogens (tertiary/aromatic N) is 2. The molecule has 140 valence electrons. The zero-order valence-electron chi connectivity index (χ0n) is 14.6. The second-order valence-electron chi connectivity index (χ2n) is 5.86. The molecule has 0 fully saturated rings. The highest BCUT2D eigenvalue weighted by atomic mass is 35.5. The molecular formula is C19H16Cl2FN3OS. The van der Waals surface area contributed by atoms with Crippen molar-refractivity contribution < 1.29 is 9.18 Å². The van der Waals surface area contributed by atoms with Crippen LogP contribution in [-0.2, 0) is 6.54 Å². The second kappa shape index (κ2) is 8.33. The molecule has 0 radical (unpaired) electrons. The molecule has 0 aliphatic carbocycles. The van der Waals surface area contributed by atoms with Crippen LogP contribution in [0.1, 0.15) is 21.6 Å². The Labute approximate surface area is 170 Å². The lowest BCUT2D eigenvalue weighted by molar-refractivity contribution is 0.102. The molecule has 3 aromatic rings. The van der Waals surface area contributed by atoms with E-state index in [-0.39, 0.29) is 5.91 Å². The van der Waals surface area contributed by atoms with Crippen molar-refractivity contribution in [2.45, 2.75) is 18.4 Å². The van der Waals surface area contributed by atoms with Crippen LogP contribution in [0.3, 0.4) is 0 Å². The molecule has 3 rings (SSSR count). The number of carbonyl (C=O) groups is 1. The summed E-state index contributed by atoms with van der Waals surface area (Å²) in [6.07, 6.45) is 1.93. The minimum Gasteiger partial charge on any atom is -0.305 e. The quantitative estimate of drug-likeness (QED) is 0.538. The molecule has 1 aromatic heterocycles. The number of aryl methyl sites for hydroxylation is 1. The Hall–Kier alpha value is -2.02. The van der Waals surface area contributed by atoms with Crippen LogP contribution in [0.5, 0.6) is 0 Å². The predicted octanol–water partition coefficient (Wildman–Crippen LogP) is 5.66. The number of amides is 1. The maximum atomic E-state index is 13.2. The van der Waals surface area contributed by atoms with Gasteiger partial charge in [0.05, 0.1) is 17.1 Å². The molecule has 27 heavy (non-hydrogen) atoms. The Morgan fingerprint density at radius 3 is 2.67 bits per heavy atom. The van der Waals surface area contributed by atoms with Crippen molar-refractivity contribution in [2.75, 3.05) is 11.6 Å². The summed E-state index contributed by atoms with van der Waals surface area (Å²) in [7, 11) is 0. The molecular weight excluding hydrogens is 408 g/mol. The van der Waals surface area contributed by atoms with E-state index in [9.17, 15) is 9.18 Å². The molecule has 0 bridgehead atoms. The Bertz CT molecular complexity index is 1010. The van der Waals surface area contributed by atoms with Crippen LogP contribution in [0.2, 0.25) is 10.0 Å². The van der Waals surface area contributed by atoms with E-state index in [1.54, 1.807) is 28.9 Å². The zero-order valence-corrected chi connectivity index (χ0v) is 16.9. The lowest BCUT2D eigenvalue weighted by Gasteiger charge is -2.07. The first kappa shape index (κ1) is 19.7. The summed E-state index contributed by atoms with van der Waals surface area (Å²) in [4.78, 5) is 13.5. The van der Waals surface area contributed by atoms with Gasteiger partial charge >= 0.3 is 0 Å². The summed E-state index contributed by atoms with van der Waals surface area (Å²) < 4.78 is 14.9. The smallest absolute Gasteiger partial charge is 0.258 e. The van der Waals surface area contributed by atoms with Crippen molar-refractivity contribution in [3.63, 3.8) is 0 Å². The molecule has 0 spiro atoms. The van der Waals surface area contributed by atoms with Gasteiger partial charge in [0.2, 0.25) is 0 Å². The molecule has 2 aromatic carbocycles. The molecule has 4 nitrogen and oxygen atoms in total. The molecule has 1 amide bonds. The van der Waals surface area contributed by atoms with E-state index in [4.69, 9.17) is 23.2 Å². The largest absolute Gasteiger partial charge is 0.305 e. The second-order valence-corrected chi connectivity index (χ2v) is 7.56. The normalized spacial score (nSPS) is 10.9. The Balaban J connectivity index is 1.79. The van der Waals surface area contributed by atoms with Gasteiger partial charge < -0.3 is 5.32 Å². The third-order valence-electron chi connectivity index (χ3n) is 3.98. The fourth-order valence-corrected chi connectivity index (χ4v) is 3.40. The summed E-state index contributed by atoms with van der Waals surface area (Å²) in [5, 5.41) is 7.86. The van der Waals surface area contributed by atoms with Crippen molar-refractivity contribution in [3.8, 4) is 0 Å². The van der Waals surface area contributed by atoms with E-state index < -0.39 is 5.82 Å². The number of anilines is 1. The minimum absolute atomic E-state index is 0.330. The van der Waals surface area contributed by atoms with Gasteiger partial charge in [0, 0.05) is 21.7 Å². The van der Waals surface area contributed by atoms with Crippen LogP contribution in [0.25, 0.3) is 0 Å². The maximum absolute atomic E-state index is 13.2. The van der Waals surface area contributed by atoms with Gasteiger partial charge in [0.1, 0.15) is 5.82 Å². The average molecular weight is 424 g/mol. The number of thioether (sulfide) groups is 1. The Morgan fingerprint density at radius 2 is 1.96 bits per heavy atom. The molecule has 0 aliphatic heterocycles. The molecule has 0 unspecified atom stereocenters. The monoisotopic (exact) mass is 423 g/mol. The van der Waals surface area contributed by atoms with Gasteiger partial charge in [-0.3, -0.25) is 9.48 Å². The zero-order chi connectivity index (χ0) is 19.6. The van der Waals surface area contributed by atoms with Crippen LogP contribution in [0.4, 0.5) is 10.2 Å². The lowest BCUT2D eigenvalue weighted by Crippen LogP contribution is -2.13. The number of rotatable bonds is 5. The van der Waals surface area contributed by atoms with E-state index in [2.05, 4.69) is 10.4 Å².